The van der Waals surface area contributed by atoms with Crippen LogP contribution in [0.5, 0.6) is 11.5 Å². The summed E-state index contributed by atoms with van der Waals surface area (Å²) in [4.78, 5) is 0.524. The topological polar surface area (TPSA) is 91.0 Å². The molecule has 2 unspecified atom stereocenters. The van der Waals surface area contributed by atoms with E-state index in [9.17, 15) is 10.2 Å². The first kappa shape index (κ1) is 15.3. The highest BCUT2D eigenvalue weighted by atomic mass is 32.2. The fraction of sp³-hybridized carbons (Fsp3) is 0.200. The first-order valence-electron chi connectivity index (χ1n) is 5.50. The van der Waals surface area contributed by atoms with E-state index < -0.39 is 4.20 Å². The van der Waals surface area contributed by atoms with Crippen LogP contribution >= 0.6 is 60.1 Å². The van der Waals surface area contributed by atoms with Crippen molar-refractivity contribution in [2.75, 3.05) is 0 Å². The van der Waals surface area contributed by atoms with Crippen LogP contribution in [-0.2, 0) is 4.20 Å². The molecule has 0 radical (unpaired) electrons. The van der Waals surface area contributed by atoms with Crippen LogP contribution < -0.4 is 0 Å². The van der Waals surface area contributed by atoms with E-state index in [-0.39, 0.29) is 16.2 Å². The summed E-state index contributed by atoms with van der Waals surface area (Å²) in [6.07, 6.45) is 0. The Morgan fingerprint density at radius 1 is 1.29 bits per heavy atom. The van der Waals surface area contributed by atoms with Gasteiger partial charge >= 0.3 is 0 Å². The predicted molar refractivity (Wildman–Crippen MR) is 89.7 cm³/mol. The Balaban J connectivity index is 1.76. The molecule has 0 aliphatic carbocycles. The van der Waals surface area contributed by atoms with Gasteiger partial charge in [0.25, 0.3) is 0 Å². The number of aromatic hydroxyl groups is 2. The van der Waals surface area contributed by atoms with E-state index in [0.29, 0.717) is 14.2 Å². The van der Waals surface area contributed by atoms with Crippen LogP contribution in [0.2, 0.25) is 0 Å². The Kier molecular flexibility index (Phi) is 4.28. The third-order valence-electron chi connectivity index (χ3n) is 2.42. The van der Waals surface area contributed by atoms with E-state index in [1.165, 1.54) is 53.1 Å². The summed E-state index contributed by atoms with van der Waals surface area (Å²) in [5, 5.41) is 36.0. The van der Waals surface area contributed by atoms with E-state index >= 15 is 0 Å². The maximum Gasteiger partial charge on any atom is 0.226 e. The molecule has 0 fully saturated rings. The molecule has 0 spiro atoms. The number of nitrogens with zero attached hydrogens (tertiary/aromatic N) is 4. The first-order chi connectivity index (χ1) is 9.96. The van der Waals surface area contributed by atoms with Gasteiger partial charge in [0.05, 0.1) is 4.90 Å². The highest BCUT2D eigenvalue weighted by Crippen LogP contribution is 2.55. The van der Waals surface area contributed by atoms with E-state index in [4.69, 9.17) is 0 Å². The van der Waals surface area contributed by atoms with E-state index in [0.717, 1.165) is 0 Å². The van der Waals surface area contributed by atoms with Gasteiger partial charge in [0, 0.05) is 0 Å². The molecule has 0 bridgehead atoms. The van der Waals surface area contributed by atoms with Gasteiger partial charge in [-0.15, -0.1) is 35.5 Å². The Morgan fingerprint density at radius 3 is 2.81 bits per heavy atom. The number of thiol groups is 2. The number of thioether (sulfide) groups is 2. The number of phenolic OH excluding ortho intramolecular Hbond substituents is 2. The standard InChI is InChI=1S/C10H8N4O2S5/c15-4-1-2-5(16)6(3-4)19-9-13-14-10(18,21-9)7-11-12-8(17)20-7/h1-3,9,15-16,18H,(H,12,17). The van der Waals surface area contributed by atoms with Crippen molar-refractivity contribution in [1.82, 2.24) is 10.2 Å². The number of hydrogen-bond donors (Lipinski definition) is 4. The second-order valence-corrected chi connectivity index (χ2v) is 9.26. The molecule has 2 N–H and O–H groups in total. The summed E-state index contributed by atoms with van der Waals surface area (Å²) in [7, 11) is 0. The van der Waals surface area contributed by atoms with Crippen LogP contribution in [0.25, 0.3) is 0 Å². The molecule has 2 heterocycles. The average Bonchev–Trinajstić information content (AvgIpc) is 3.02. The van der Waals surface area contributed by atoms with Gasteiger partial charge in [-0.3, -0.25) is 0 Å². The zero-order valence-corrected chi connectivity index (χ0v) is 14.4. The van der Waals surface area contributed by atoms with Crippen molar-refractivity contribution < 1.29 is 10.2 Å². The summed E-state index contributed by atoms with van der Waals surface area (Å²) < 4.78 is -0.665. The Hall–Kier alpha value is -0.620. The third kappa shape index (κ3) is 3.26. The van der Waals surface area contributed by atoms with Gasteiger partial charge in [0.15, 0.2) is 14.1 Å². The number of rotatable bonds is 3. The molecule has 1 aliphatic heterocycles. The van der Waals surface area contributed by atoms with Crippen LogP contribution in [-0.4, -0.2) is 25.1 Å². The molecule has 0 saturated heterocycles. The molecule has 2 atom stereocenters. The largest absolute Gasteiger partial charge is 0.508 e. The third-order valence-corrected chi connectivity index (χ3v) is 6.87. The fourth-order valence-corrected chi connectivity index (χ4v) is 5.56. The zero-order chi connectivity index (χ0) is 15.0. The monoisotopic (exact) mass is 376 g/mol. The average molecular weight is 377 g/mol. The summed E-state index contributed by atoms with van der Waals surface area (Å²) >= 11 is 12.6. The molecule has 21 heavy (non-hydrogen) atoms. The van der Waals surface area contributed by atoms with Crippen molar-refractivity contribution in [2.45, 2.75) is 18.1 Å². The van der Waals surface area contributed by atoms with Gasteiger partial charge in [0.1, 0.15) is 11.5 Å². The number of phenols is 2. The van der Waals surface area contributed by atoms with E-state index in [1.54, 1.807) is 0 Å². The molecule has 2 aromatic rings. The van der Waals surface area contributed by atoms with Crippen LogP contribution in [0, 0.1) is 0 Å². The predicted octanol–water partition coefficient (Wildman–Crippen LogP) is 3.55. The minimum Gasteiger partial charge on any atom is -0.508 e. The fourth-order valence-electron chi connectivity index (χ4n) is 1.51. The van der Waals surface area contributed by atoms with Crippen molar-refractivity contribution in [2.24, 2.45) is 10.2 Å². The number of azo groups is 1. The van der Waals surface area contributed by atoms with Crippen molar-refractivity contribution in [3.63, 3.8) is 0 Å². The number of aromatic nitrogens is 2. The van der Waals surface area contributed by atoms with E-state index in [2.05, 4.69) is 45.7 Å². The Morgan fingerprint density at radius 2 is 2.10 bits per heavy atom. The van der Waals surface area contributed by atoms with Crippen molar-refractivity contribution in [3.8, 4) is 11.5 Å². The number of benzene rings is 1. The zero-order valence-electron chi connectivity index (χ0n) is 10.1. The Bertz CT molecular complexity index is 709. The van der Waals surface area contributed by atoms with Gasteiger partial charge < -0.3 is 10.2 Å². The summed E-state index contributed by atoms with van der Waals surface area (Å²) in [5.74, 6) is 0.162. The normalized spacial score (nSPS) is 24.6. The summed E-state index contributed by atoms with van der Waals surface area (Å²) in [6, 6.07) is 4.33. The van der Waals surface area contributed by atoms with Crippen LogP contribution in [0.4, 0.5) is 0 Å². The van der Waals surface area contributed by atoms with Crippen molar-refractivity contribution >= 4 is 60.1 Å². The molecule has 3 rings (SSSR count). The number of hydrogen-bond acceptors (Lipinski definition) is 11. The molecule has 1 aliphatic rings. The summed E-state index contributed by atoms with van der Waals surface area (Å²) in [6.45, 7) is 0. The van der Waals surface area contributed by atoms with Crippen molar-refractivity contribution in [1.29, 1.82) is 0 Å². The molecule has 110 valence electrons. The van der Waals surface area contributed by atoms with Gasteiger partial charge in [-0.1, -0.05) is 34.9 Å². The highest BCUT2D eigenvalue weighted by molar-refractivity contribution is 8.21. The molecular weight excluding hydrogens is 368 g/mol. The quantitative estimate of drug-likeness (QED) is 0.484. The first-order valence-corrected chi connectivity index (χ1v) is 8.97. The molecule has 6 nitrogen and oxygen atoms in total. The maximum absolute atomic E-state index is 9.78. The van der Waals surface area contributed by atoms with E-state index in [1.807, 2.05) is 0 Å². The van der Waals surface area contributed by atoms with Crippen LogP contribution in [0.1, 0.15) is 5.01 Å². The van der Waals surface area contributed by atoms with Crippen LogP contribution in [0.3, 0.4) is 0 Å². The second kappa shape index (κ2) is 5.88. The lowest BCUT2D eigenvalue weighted by atomic mass is 10.3. The molecule has 0 amide bonds. The van der Waals surface area contributed by atoms with Gasteiger partial charge in [-0.2, -0.15) is 10.2 Å². The SMILES string of the molecule is Oc1ccc(O)c(SC2N=NC(S)(c3nnc(S)s3)S2)c1. The lowest BCUT2D eigenvalue weighted by molar-refractivity contribution is 0.448. The molecule has 1 aromatic carbocycles. The smallest absolute Gasteiger partial charge is 0.226 e. The molecule has 11 heteroatoms. The molecule has 0 saturated carbocycles. The summed E-state index contributed by atoms with van der Waals surface area (Å²) in [5.41, 5.74) is 0. The minimum atomic E-state index is -0.900. The van der Waals surface area contributed by atoms with Gasteiger partial charge in [0.2, 0.25) is 4.20 Å². The van der Waals surface area contributed by atoms with Gasteiger partial charge in [-0.05, 0) is 18.2 Å². The Labute approximate surface area is 143 Å². The maximum atomic E-state index is 9.78. The highest BCUT2D eigenvalue weighted by Gasteiger charge is 2.41. The molecule has 1 aromatic heterocycles. The second-order valence-electron chi connectivity index (χ2n) is 3.91. The lowest BCUT2D eigenvalue weighted by Gasteiger charge is -2.14. The van der Waals surface area contributed by atoms with Crippen molar-refractivity contribution in [3.05, 3.63) is 23.2 Å². The lowest BCUT2D eigenvalue weighted by Crippen LogP contribution is -2.08. The van der Waals surface area contributed by atoms with Crippen LogP contribution in [0.15, 0.2) is 37.7 Å². The molecular formula is C10H8N4O2S5. The minimum absolute atomic E-state index is 0.0798. The van der Waals surface area contributed by atoms with Gasteiger partial charge in [-0.25, -0.2) is 0 Å².